The van der Waals surface area contributed by atoms with Crippen LogP contribution in [0, 0.1) is 5.82 Å². The molecule has 0 fully saturated rings. The molecule has 0 atom stereocenters. The van der Waals surface area contributed by atoms with E-state index < -0.39 is 5.82 Å². The quantitative estimate of drug-likeness (QED) is 0.846. The zero-order chi connectivity index (χ0) is 13.1. The number of nitrogens with zero attached hydrogens (tertiary/aromatic N) is 1. The Morgan fingerprint density at radius 2 is 2.28 bits per heavy atom. The molecule has 1 heterocycles. The summed E-state index contributed by atoms with van der Waals surface area (Å²) in [6, 6.07) is 4.02. The predicted octanol–water partition coefficient (Wildman–Crippen LogP) is 2.17. The minimum Gasteiger partial charge on any atom is -0.389 e. The highest BCUT2D eigenvalue weighted by Crippen LogP contribution is 2.15. The van der Waals surface area contributed by atoms with Gasteiger partial charge in [0.15, 0.2) is 0 Å². The molecule has 1 aromatic carbocycles. The van der Waals surface area contributed by atoms with E-state index in [1.54, 1.807) is 10.9 Å². The van der Waals surface area contributed by atoms with Crippen molar-refractivity contribution < 1.29 is 9.18 Å². The Morgan fingerprint density at radius 1 is 1.50 bits per heavy atom. The summed E-state index contributed by atoms with van der Waals surface area (Å²) in [5.74, 6) is -0.883. The maximum absolute atomic E-state index is 13.3. The number of hydrogen-bond acceptors (Lipinski definition) is 4. The molecule has 4 nitrogen and oxygen atoms in total. The van der Waals surface area contributed by atoms with E-state index in [1.165, 1.54) is 29.5 Å². The van der Waals surface area contributed by atoms with E-state index in [9.17, 15) is 9.18 Å². The van der Waals surface area contributed by atoms with E-state index in [2.05, 4.69) is 10.3 Å². The first-order valence-corrected chi connectivity index (χ1v) is 6.22. The Balaban J connectivity index is 2.22. The zero-order valence-corrected chi connectivity index (χ0v) is 10.6. The van der Waals surface area contributed by atoms with Crippen LogP contribution in [-0.2, 0) is 0 Å². The number of nitrogens with one attached hydrogen (secondary N) is 1. The average Bonchev–Trinajstić information content (AvgIpc) is 2.85. The zero-order valence-electron chi connectivity index (χ0n) is 9.01. The van der Waals surface area contributed by atoms with Crippen molar-refractivity contribution in [3.8, 4) is 0 Å². The Morgan fingerprint density at radius 3 is 2.89 bits per heavy atom. The largest absolute Gasteiger partial charge is 0.389 e. The molecule has 18 heavy (non-hydrogen) atoms. The lowest BCUT2D eigenvalue weighted by Crippen LogP contribution is -2.15. The van der Waals surface area contributed by atoms with Crippen molar-refractivity contribution in [1.82, 2.24) is 4.98 Å². The third-order valence-electron chi connectivity index (χ3n) is 2.15. The van der Waals surface area contributed by atoms with Crippen molar-refractivity contribution in [2.24, 2.45) is 5.73 Å². The first-order chi connectivity index (χ1) is 8.58. The van der Waals surface area contributed by atoms with Gasteiger partial charge in [0.25, 0.3) is 5.91 Å². The molecule has 0 aliphatic carbocycles. The third kappa shape index (κ3) is 2.69. The average molecular weight is 281 g/mol. The number of anilines is 1. The second kappa shape index (κ2) is 5.19. The smallest absolute Gasteiger partial charge is 0.275 e. The van der Waals surface area contributed by atoms with Crippen LogP contribution in [0.2, 0.25) is 0 Å². The summed E-state index contributed by atoms with van der Waals surface area (Å²) in [6.45, 7) is 0. The first kappa shape index (κ1) is 12.6. The molecule has 92 valence electrons. The number of rotatable bonds is 3. The molecule has 3 N–H and O–H groups in total. The maximum Gasteiger partial charge on any atom is 0.275 e. The van der Waals surface area contributed by atoms with Crippen molar-refractivity contribution in [1.29, 1.82) is 0 Å². The molecule has 0 saturated heterocycles. The summed E-state index contributed by atoms with van der Waals surface area (Å²) < 4.78 is 13.3. The van der Waals surface area contributed by atoms with Gasteiger partial charge in [-0.15, -0.1) is 11.3 Å². The van der Waals surface area contributed by atoms with Gasteiger partial charge >= 0.3 is 0 Å². The minimum atomic E-state index is -0.519. The molecule has 0 spiro atoms. The normalized spacial score (nSPS) is 10.1. The molecule has 2 aromatic rings. The number of halogens is 1. The lowest BCUT2D eigenvalue weighted by molar-refractivity contribution is 0.102. The van der Waals surface area contributed by atoms with E-state index in [0.717, 1.165) is 0 Å². The van der Waals surface area contributed by atoms with Gasteiger partial charge in [-0.1, -0.05) is 12.2 Å². The third-order valence-corrected chi connectivity index (χ3v) is 2.96. The highest BCUT2D eigenvalue weighted by molar-refractivity contribution is 7.80. The Kier molecular flexibility index (Phi) is 3.63. The topological polar surface area (TPSA) is 68.0 Å². The number of nitrogens with two attached hydrogens (primary N) is 1. The maximum atomic E-state index is 13.3. The van der Waals surface area contributed by atoms with E-state index in [4.69, 9.17) is 18.0 Å². The van der Waals surface area contributed by atoms with Crippen LogP contribution >= 0.6 is 23.6 Å². The van der Waals surface area contributed by atoms with Gasteiger partial charge < -0.3 is 11.1 Å². The van der Waals surface area contributed by atoms with Crippen molar-refractivity contribution in [3.05, 3.63) is 46.2 Å². The van der Waals surface area contributed by atoms with Crippen molar-refractivity contribution in [3.63, 3.8) is 0 Å². The van der Waals surface area contributed by atoms with E-state index in [0.29, 0.717) is 11.4 Å². The first-order valence-electron chi connectivity index (χ1n) is 4.87. The molecule has 0 aliphatic heterocycles. The molecule has 0 saturated carbocycles. The van der Waals surface area contributed by atoms with Gasteiger partial charge in [0.05, 0.1) is 5.51 Å². The van der Waals surface area contributed by atoms with Crippen LogP contribution in [0.5, 0.6) is 0 Å². The van der Waals surface area contributed by atoms with Gasteiger partial charge in [0, 0.05) is 16.6 Å². The van der Waals surface area contributed by atoms with Crippen LogP contribution in [0.3, 0.4) is 0 Å². The number of thiazole rings is 1. The van der Waals surface area contributed by atoms with Crippen molar-refractivity contribution in [2.75, 3.05) is 5.32 Å². The van der Waals surface area contributed by atoms with E-state index >= 15 is 0 Å². The van der Waals surface area contributed by atoms with Gasteiger partial charge in [-0.05, 0) is 18.2 Å². The van der Waals surface area contributed by atoms with E-state index in [-0.39, 0.29) is 16.5 Å². The fraction of sp³-hybridized carbons (Fsp3) is 0. The molecular weight excluding hydrogens is 273 g/mol. The van der Waals surface area contributed by atoms with Crippen molar-refractivity contribution >= 4 is 40.1 Å². The lowest BCUT2D eigenvalue weighted by atomic mass is 10.2. The fourth-order valence-electron chi connectivity index (χ4n) is 1.31. The fourth-order valence-corrected chi connectivity index (χ4v) is 2.00. The Hall–Kier alpha value is -1.86. The van der Waals surface area contributed by atoms with Crippen LogP contribution in [0.15, 0.2) is 29.1 Å². The summed E-state index contributed by atoms with van der Waals surface area (Å²) in [4.78, 5) is 15.5. The van der Waals surface area contributed by atoms with Crippen LogP contribution in [0.4, 0.5) is 10.1 Å². The summed E-state index contributed by atoms with van der Waals surface area (Å²) in [6.07, 6.45) is 0. The molecule has 1 amide bonds. The van der Waals surface area contributed by atoms with Gasteiger partial charge in [0.1, 0.15) is 16.5 Å². The van der Waals surface area contributed by atoms with Crippen LogP contribution in [0.1, 0.15) is 16.1 Å². The van der Waals surface area contributed by atoms with Crippen LogP contribution in [0.25, 0.3) is 0 Å². The molecular formula is C11H8FN3OS2. The summed E-state index contributed by atoms with van der Waals surface area (Å²) in [5.41, 5.74) is 7.75. The van der Waals surface area contributed by atoms with Gasteiger partial charge in [-0.2, -0.15) is 0 Å². The standard InChI is InChI=1S/C11H8FN3OS2/c12-8-2-1-6(3-7(8)10(13)17)15-11(16)9-4-18-5-14-9/h1-5H,(H2,13,17)(H,15,16). The number of aromatic nitrogens is 1. The van der Waals surface area contributed by atoms with Gasteiger partial charge in [-0.3, -0.25) is 4.79 Å². The second-order valence-corrected chi connectivity index (χ2v) is 4.55. The number of carbonyl (C=O) groups is 1. The number of benzene rings is 1. The highest BCUT2D eigenvalue weighted by atomic mass is 32.1. The summed E-state index contributed by atoms with van der Waals surface area (Å²) >= 11 is 6.03. The number of hydrogen-bond donors (Lipinski definition) is 2. The SMILES string of the molecule is NC(=S)c1cc(NC(=O)c2cscn2)ccc1F. The number of carbonyl (C=O) groups excluding carboxylic acids is 1. The number of thiocarbonyl (C=S) groups is 1. The highest BCUT2D eigenvalue weighted by Gasteiger charge is 2.10. The van der Waals surface area contributed by atoms with E-state index in [1.807, 2.05) is 0 Å². The lowest BCUT2D eigenvalue weighted by Gasteiger charge is -2.06. The molecule has 2 rings (SSSR count). The summed E-state index contributed by atoms with van der Waals surface area (Å²) in [7, 11) is 0. The monoisotopic (exact) mass is 281 g/mol. The van der Waals surface area contributed by atoms with Crippen LogP contribution in [-0.4, -0.2) is 15.9 Å². The van der Waals surface area contributed by atoms with Gasteiger partial charge in [0.2, 0.25) is 0 Å². The summed E-state index contributed by atoms with van der Waals surface area (Å²) in [5, 5.41) is 4.21. The van der Waals surface area contributed by atoms with Gasteiger partial charge in [-0.25, -0.2) is 9.37 Å². The Bertz CT molecular complexity index is 598. The Labute approximate surface area is 112 Å². The predicted molar refractivity (Wildman–Crippen MR) is 72.4 cm³/mol. The number of amides is 1. The molecule has 7 heteroatoms. The molecule has 0 radical (unpaired) electrons. The van der Waals surface area contributed by atoms with Crippen LogP contribution < -0.4 is 11.1 Å². The second-order valence-electron chi connectivity index (χ2n) is 3.39. The molecule has 0 aliphatic rings. The molecule has 0 bridgehead atoms. The molecule has 0 unspecified atom stereocenters. The van der Waals surface area contributed by atoms with Crippen molar-refractivity contribution in [2.45, 2.75) is 0 Å². The molecule has 1 aromatic heterocycles. The minimum absolute atomic E-state index is 0.0581.